The van der Waals surface area contributed by atoms with Crippen LogP contribution in [0.15, 0.2) is 21.1 Å². The lowest BCUT2D eigenvalue weighted by molar-refractivity contribution is -0.0724. The van der Waals surface area contributed by atoms with E-state index in [4.69, 9.17) is 0 Å². The monoisotopic (exact) mass is 758 g/mol. The van der Waals surface area contributed by atoms with Crippen LogP contribution in [0.4, 0.5) is 35.1 Å². The number of aromatic nitrogens is 4. The van der Waals surface area contributed by atoms with Gasteiger partial charge in [-0.05, 0) is 63.7 Å². The highest BCUT2D eigenvalue weighted by molar-refractivity contribution is 9.12. The Hall–Kier alpha value is -0.560. The topological polar surface area (TPSA) is 51.6 Å². The van der Waals surface area contributed by atoms with Gasteiger partial charge >= 0.3 is 9.66 Å². The third-order valence-corrected chi connectivity index (χ3v) is 7.16. The SMILES string of the molecule is FC(F)(Br)C(F)(F)Br.Fc1c(F)c(Br)c2nsnc2c1Br.Fc1cc2nsnc2cc1F. The largest absolute Gasteiger partial charge is 0.373 e. The fraction of sp³-hybridized carbons (Fsp3) is 0.143. The van der Waals surface area contributed by atoms with Crippen LogP contribution >= 0.6 is 87.2 Å². The molecular formula is C14H2Br4F8N4S2. The van der Waals surface area contributed by atoms with Gasteiger partial charge in [0.1, 0.15) is 22.1 Å². The van der Waals surface area contributed by atoms with E-state index in [2.05, 4.69) is 49.4 Å². The Morgan fingerprint density at radius 2 is 0.938 bits per heavy atom. The van der Waals surface area contributed by atoms with Gasteiger partial charge in [0.25, 0.3) is 0 Å². The Kier molecular flexibility index (Phi) is 9.34. The van der Waals surface area contributed by atoms with Gasteiger partial charge in [0, 0.05) is 12.1 Å². The maximum atomic E-state index is 13.1. The molecular weight excluding hydrogens is 760 g/mol. The minimum atomic E-state index is -4.17. The van der Waals surface area contributed by atoms with E-state index in [1.54, 1.807) is 0 Å². The van der Waals surface area contributed by atoms with Crippen molar-refractivity contribution in [1.82, 2.24) is 17.5 Å². The molecule has 18 heteroatoms. The first-order valence-electron chi connectivity index (χ1n) is 7.30. The first kappa shape index (κ1) is 27.7. The summed E-state index contributed by atoms with van der Waals surface area (Å²) in [6.45, 7) is 0. The zero-order valence-corrected chi connectivity index (χ0v) is 22.3. The van der Waals surface area contributed by atoms with Gasteiger partial charge in [-0.15, -0.1) is 0 Å². The minimum Gasteiger partial charge on any atom is -0.204 e. The molecule has 0 N–H and O–H groups in total. The zero-order valence-electron chi connectivity index (χ0n) is 14.3. The first-order chi connectivity index (χ1) is 14.6. The smallest absolute Gasteiger partial charge is 0.204 e. The predicted molar refractivity (Wildman–Crippen MR) is 118 cm³/mol. The molecule has 4 rings (SSSR count). The molecule has 0 aliphatic carbocycles. The van der Waals surface area contributed by atoms with Crippen molar-refractivity contribution in [2.24, 2.45) is 0 Å². The summed E-state index contributed by atoms with van der Waals surface area (Å²) in [5, 5.41) is 0. The Bertz CT molecular complexity index is 1150. The lowest BCUT2D eigenvalue weighted by Gasteiger charge is -2.13. The highest BCUT2D eigenvalue weighted by Gasteiger charge is 2.52. The van der Waals surface area contributed by atoms with Crippen LogP contribution in [-0.4, -0.2) is 27.2 Å². The van der Waals surface area contributed by atoms with Crippen LogP contribution in [0.3, 0.4) is 0 Å². The quantitative estimate of drug-likeness (QED) is 0.0847. The van der Waals surface area contributed by atoms with Crippen molar-refractivity contribution >= 4 is 109 Å². The summed E-state index contributed by atoms with van der Waals surface area (Å²) in [5.41, 5.74) is 1.45. The van der Waals surface area contributed by atoms with Crippen molar-refractivity contribution in [3.63, 3.8) is 0 Å². The molecule has 0 saturated carbocycles. The number of fused-ring (bicyclic) bond motifs is 2. The average Bonchev–Trinajstić information content (AvgIpc) is 3.34. The second kappa shape index (κ2) is 10.8. The third kappa shape index (κ3) is 6.52. The van der Waals surface area contributed by atoms with Gasteiger partial charge in [-0.1, -0.05) is 0 Å². The number of halogens is 12. The van der Waals surface area contributed by atoms with Gasteiger partial charge in [-0.3, -0.25) is 0 Å². The van der Waals surface area contributed by atoms with Gasteiger partial charge < -0.3 is 0 Å². The lowest BCUT2D eigenvalue weighted by Crippen LogP contribution is -2.27. The maximum absolute atomic E-state index is 13.1. The second-order valence-electron chi connectivity index (χ2n) is 5.23. The number of hydrogen-bond acceptors (Lipinski definition) is 6. The molecule has 0 radical (unpaired) electrons. The molecule has 4 nitrogen and oxygen atoms in total. The van der Waals surface area contributed by atoms with Crippen molar-refractivity contribution in [1.29, 1.82) is 0 Å². The summed E-state index contributed by atoms with van der Waals surface area (Å²) in [4.78, 5) is -8.33. The number of rotatable bonds is 1. The fourth-order valence-electron chi connectivity index (χ4n) is 1.66. The summed E-state index contributed by atoms with van der Waals surface area (Å²) in [6.07, 6.45) is 0. The van der Waals surface area contributed by atoms with Crippen molar-refractivity contribution in [2.75, 3.05) is 0 Å². The van der Waals surface area contributed by atoms with Crippen LogP contribution in [0, 0.1) is 23.3 Å². The molecule has 0 atom stereocenters. The number of nitrogens with zero attached hydrogens (tertiary/aromatic N) is 4. The molecule has 0 aliphatic rings. The summed E-state index contributed by atoms with van der Waals surface area (Å²) in [5.74, 6) is -3.67. The van der Waals surface area contributed by atoms with Gasteiger partial charge in [0.15, 0.2) is 23.3 Å². The molecule has 0 fully saturated rings. The van der Waals surface area contributed by atoms with E-state index < -0.39 is 32.9 Å². The zero-order chi connectivity index (χ0) is 24.4. The summed E-state index contributed by atoms with van der Waals surface area (Å²) in [6, 6.07) is 2.07. The molecule has 4 aromatic rings. The van der Waals surface area contributed by atoms with Crippen LogP contribution in [0.25, 0.3) is 22.1 Å². The highest BCUT2D eigenvalue weighted by Crippen LogP contribution is 2.43. The molecule has 0 unspecified atom stereocenters. The Balaban J connectivity index is 0.000000176. The van der Waals surface area contributed by atoms with Crippen LogP contribution < -0.4 is 0 Å². The molecule has 2 aromatic carbocycles. The van der Waals surface area contributed by atoms with E-state index in [9.17, 15) is 35.1 Å². The minimum absolute atomic E-state index is 0.0111. The lowest BCUT2D eigenvalue weighted by atomic mass is 10.3. The van der Waals surface area contributed by atoms with Gasteiger partial charge in [0.2, 0.25) is 0 Å². The molecule has 2 heterocycles. The normalized spacial score (nSPS) is 11.8. The molecule has 0 amide bonds. The van der Waals surface area contributed by atoms with Crippen molar-refractivity contribution in [3.05, 3.63) is 44.3 Å². The number of benzene rings is 2. The van der Waals surface area contributed by atoms with Gasteiger partial charge in [-0.25, -0.2) is 17.6 Å². The van der Waals surface area contributed by atoms with Crippen molar-refractivity contribution < 1.29 is 35.1 Å². The van der Waals surface area contributed by atoms with Crippen LogP contribution in [0.5, 0.6) is 0 Å². The fourth-order valence-corrected chi connectivity index (χ4v) is 3.86. The molecule has 2 aromatic heterocycles. The van der Waals surface area contributed by atoms with E-state index in [-0.39, 0.29) is 8.95 Å². The van der Waals surface area contributed by atoms with E-state index in [1.807, 2.05) is 0 Å². The average molecular weight is 762 g/mol. The third-order valence-electron chi connectivity index (χ3n) is 3.10. The Labute approximate surface area is 214 Å². The molecule has 0 saturated heterocycles. The molecule has 0 spiro atoms. The van der Waals surface area contributed by atoms with Crippen LogP contribution in [-0.2, 0) is 0 Å². The number of alkyl halides is 6. The molecule has 0 bridgehead atoms. The second-order valence-corrected chi connectivity index (χ2v) is 9.87. The van der Waals surface area contributed by atoms with Crippen LogP contribution in [0.1, 0.15) is 0 Å². The summed E-state index contributed by atoms with van der Waals surface area (Å²) in [7, 11) is 0. The molecule has 32 heavy (non-hydrogen) atoms. The van der Waals surface area contributed by atoms with Gasteiger partial charge in [0.05, 0.1) is 32.4 Å². The van der Waals surface area contributed by atoms with E-state index in [0.717, 1.165) is 35.6 Å². The predicted octanol–water partition coefficient (Wildman–Crippen LogP) is 8.43. The van der Waals surface area contributed by atoms with Crippen molar-refractivity contribution in [2.45, 2.75) is 9.66 Å². The Morgan fingerprint density at radius 3 is 1.25 bits per heavy atom. The standard InChI is InChI=1S/C6Br2F2N2S.C6H2F2N2S.C2Br2F4/c7-1-3(9)4(10)2(8)6-5(1)11-13-12-6;7-3-1-5-6(2-4(3)8)10-11-9-5;3-1(5,6)2(4,7)8/h;1-2H;. The van der Waals surface area contributed by atoms with Crippen LogP contribution in [0.2, 0.25) is 0 Å². The van der Waals surface area contributed by atoms with Crippen molar-refractivity contribution in [3.8, 4) is 0 Å². The molecule has 174 valence electrons. The van der Waals surface area contributed by atoms with Gasteiger partial charge in [-0.2, -0.15) is 35.1 Å². The number of hydrogen-bond donors (Lipinski definition) is 0. The Morgan fingerprint density at radius 1 is 0.625 bits per heavy atom. The summed E-state index contributed by atoms with van der Waals surface area (Å²) < 4.78 is 112. The molecule has 0 aliphatic heterocycles. The summed E-state index contributed by atoms with van der Waals surface area (Å²) >= 11 is 10.6. The van der Waals surface area contributed by atoms with E-state index in [0.29, 0.717) is 22.1 Å². The first-order valence-corrected chi connectivity index (χ1v) is 11.9. The highest BCUT2D eigenvalue weighted by atomic mass is 79.9. The van der Waals surface area contributed by atoms with E-state index >= 15 is 0 Å². The van der Waals surface area contributed by atoms with E-state index in [1.165, 1.54) is 31.9 Å². The maximum Gasteiger partial charge on any atom is 0.373 e.